The van der Waals surface area contributed by atoms with E-state index in [2.05, 4.69) is 10.3 Å². The third-order valence-corrected chi connectivity index (χ3v) is 3.67. The molecule has 0 fully saturated rings. The fourth-order valence-corrected chi connectivity index (χ4v) is 2.43. The molecule has 1 heterocycles. The molecule has 7 nitrogen and oxygen atoms in total. The van der Waals surface area contributed by atoms with Gasteiger partial charge in [0, 0.05) is 37.5 Å². The Morgan fingerprint density at radius 2 is 1.92 bits per heavy atom. The molecule has 1 aromatic carbocycles. The molecule has 0 aliphatic heterocycles. The minimum Gasteiger partial charge on any atom is -0.481 e. The lowest BCUT2D eigenvalue weighted by atomic mass is 10.2. The average molecular weight is 333 g/mol. The Hall–Kier alpha value is -2.22. The highest BCUT2D eigenvalue weighted by molar-refractivity contribution is 6.00. The van der Waals surface area contributed by atoms with Crippen molar-refractivity contribution in [3.63, 3.8) is 0 Å². The van der Waals surface area contributed by atoms with Crippen LogP contribution >= 0.6 is 0 Å². The highest BCUT2D eigenvalue weighted by Gasteiger charge is 2.10. The first kappa shape index (κ1) is 18.1. The smallest absolute Gasteiger partial charge is 0.225 e. The molecule has 0 saturated heterocycles. The number of aliphatic hydroxyl groups is 2. The lowest BCUT2D eigenvalue weighted by Gasteiger charge is -2.19. The minimum atomic E-state index is -0.145. The number of amides is 1. The number of aliphatic hydroxyl groups excluding tert-OH is 2. The van der Waals surface area contributed by atoms with Gasteiger partial charge < -0.3 is 20.3 Å². The number of para-hydroxylation sites is 1. The molecule has 0 radical (unpaired) electrons. The number of carbonyl (C=O) groups excluding carboxylic acids is 1. The van der Waals surface area contributed by atoms with Gasteiger partial charge in [-0.05, 0) is 12.1 Å². The van der Waals surface area contributed by atoms with Gasteiger partial charge in [0.05, 0.1) is 31.5 Å². The molecule has 2 rings (SSSR count). The van der Waals surface area contributed by atoms with Gasteiger partial charge in [-0.25, -0.2) is 4.98 Å². The SMILES string of the molecule is COc1ccc2cccc(NC(=O)CCN(CCO)CCO)c2n1. The van der Waals surface area contributed by atoms with E-state index in [1.165, 1.54) is 0 Å². The number of nitrogens with one attached hydrogen (secondary N) is 1. The number of methoxy groups -OCH3 is 1. The number of carbonyl (C=O) groups is 1. The summed E-state index contributed by atoms with van der Waals surface area (Å²) in [6.07, 6.45) is 0.264. The Morgan fingerprint density at radius 3 is 2.58 bits per heavy atom. The summed E-state index contributed by atoms with van der Waals surface area (Å²) in [5.74, 6) is 0.342. The van der Waals surface area contributed by atoms with Crippen molar-refractivity contribution in [2.75, 3.05) is 45.3 Å². The van der Waals surface area contributed by atoms with Crippen LogP contribution in [-0.2, 0) is 4.79 Å². The van der Waals surface area contributed by atoms with Gasteiger partial charge in [0.1, 0.15) is 0 Å². The van der Waals surface area contributed by atoms with Crippen molar-refractivity contribution in [1.82, 2.24) is 9.88 Å². The van der Waals surface area contributed by atoms with Gasteiger partial charge in [0.15, 0.2) is 0 Å². The lowest BCUT2D eigenvalue weighted by molar-refractivity contribution is -0.116. The third kappa shape index (κ3) is 4.89. The van der Waals surface area contributed by atoms with Gasteiger partial charge in [0.2, 0.25) is 11.8 Å². The highest BCUT2D eigenvalue weighted by atomic mass is 16.5. The first-order chi connectivity index (χ1) is 11.7. The van der Waals surface area contributed by atoms with Crippen LogP contribution in [0.2, 0.25) is 0 Å². The topological polar surface area (TPSA) is 94.9 Å². The number of hydrogen-bond donors (Lipinski definition) is 3. The molecule has 0 aliphatic rings. The molecular formula is C17H23N3O4. The van der Waals surface area contributed by atoms with Gasteiger partial charge in [-0.15, -0.1) is 0 Å². The van der Waals surface area contributed by atoms with Crippen LogP contribution in [-0.4, -0.2) is 66.0 Å². The van der Waals surface area contributed by atoms with Crippen LogP contribution in [0.3, 0.4) is 0 Å². The number of hydrogen-bond acceptors (Lipinski definition) is 6. The zero-order valence-corrected chi connectivity index (χ0v) is 13.7. The molecular weight excluding hydrogens is 310 g/mol. The average Bonchev–Trinajstić information content (AvgIpc) is 2.60. The van der Waals surface area contributed by atoms with Crippen LogP contribution in [0.4, 0.5) is 5.69 Å². The summed E-state index contributed by atoms with van der Waals surface area (Å²) in [7, 11) is 1.55. The molecule has 2 aromatic rings. The number of pyridine rings is 1. The Kier molecular flexibility index (Phi) is 6.92. The monoisotopic (exact) mass is 333 g/mol. The van der Waals surface area contributed by atoms with Crippen molar-refractivity contribution in [2.45, 2.75) is 6.42 Å². The quantitative estimate of drug-likeness (QED) is 0.630. The zero-order chi connectivity index (χ0) is 17.4. The second-order valence-electron chi connectivity index (χ2n) is 5.32. The molecule has 0 unspecified atom stereocenters. The van der Waals surface area contributed by atoms with Crippen molar-refractivity contribution in [2.24, 2.45) is 0 Å². The molecule has 0 aliphatic carbocycles. The minimum absolute atomic E-state index is 0.00530. The molecule has 7 heteroatoms. The molecule has 0 spiro atoms. The number of fused-ring (bicyclic) bond motifs is 1. The standard InChI is InChI=1S/C17H23N3O4/c1-24-16-6-5-13-3-2-4-14(17(13)19-16)18-15(23)7-8-20(9-11-21)10-12-22/h2-6,21-22H,7-12H2,1H3,(H,18,23). The third-order valence-electron chi connectivity index (χ3n) is 3.67. The maximum absolute atomic E-state index is 12.2. The van der Waals surface area contributed by atoms with E-state index in [1.54, 1.807) is 19.2 Å². The Morgan fingerprint density at radius 1 is 1.17 bits per heavy atom. The van der Waals surface area contributed by atoms with Crippen LogP contribution in [0.25, 0.3) is 10.9 Å². The molecule has 0 atom stereocenters. The fraction of sp³-hybridized carbons (Fsp3) is 0.412. The van der Waals surface area contributed by atoms with E-state index < -0.39 is 0 Å². The van der Waals surface area contributed by atoms with Crippen molar-refractivity contribution in [3.8, 4) is 5.88 Å². The summed E-state index contributed by atoms with van der Waals surface area (Å²) in [4.78, 5) is 18.4. The van der Waals surface area contributed by atoms with E-state index in [4.69, 9.17) is 14.9 Å². The molecule has 0 saturated carbocycles. The number of rotatable bonds is 9. The number of nitrogens with zero attached hydrogens (tertiary/aromatic N) is 2. The molecule has 130 valence electrons. The first-order valence-electron chi connectivity index (χ1n) is 7.85. The van der Waals surface area contributed by atoms with Crippen LogP contribution in [0, 0.1) is 0 Å². The van der Waals surface area contributed by atoms with E-state index in [1.807, 2.05) is 23.1 Å². The number of aromatic nitrogens is 1. The van der Waals surface area contributed by atoms with Crippen molar-refractivity contribution < 1.29 is 19.7 Å². The zero-order valence-electron chi connectivity index (χ0n) is 13.7. The summed E-state index contributed by atoms with van der Waals surface area (Å²) in [6.45, 7) is 1.32. The van der Waals surface area contributed by atoms with Gasteiger partial charge in [-0.2, -0.15) is 0 Å². The summed E-state index contributed by atoms with van der Waals surface area (Å²) < 4.78 is 5.14. The van der Waals surface area contributed by atoms with Crippen molar-refractivity contribution in [1.29, 1.82) is 0 Å². The van der Waals surface area contributed by atoms with Crippen LogP contribution in [0.15, 0.2) is 30.3 Å². The van der Waals surface area contributed by atoms with E-state index >= 15 is 0 Å². The van der Waals surface area contributed by atoms with Gasteiger partial charge in [-0.1, -0.05) is 12.1 Å². The first-order valence-corrected chi connectivity index (χ1v) is 7.85. The van der Waals surface area contributed by atoms with E-state index in [-0.39, 0.29) is 25.5 Å². The van der Waals surface area contributed by atoms with Gasteiger partial charge in [-0.3, -0.25) is 9.69 Å². The molecule has 1 aromatic heterocycles. The summed E-state index contributed by atoms with van der Waals surface area (Å²) >= 11 is 0. The lowest BCUT2D eigenvalue weighted by Crippen LogP contribution is -2.32. The van der Waals surface area contributed by atoms with Gasteiger partial charge >= 0.3 is 0 Å². The van der Waals surface area contributed by atoms with E-state index in [0.717, 1.165) is 5.39 Å². The Labute approximate surface area is 140 Å². The van der Waals surface area contributed by atoms with Crippen molar-refractivity contribution in [3.05, 3.63) is 30.3 Å². The predicted molar refractivity (Wildman–Crippen MR) is 92.2 cm³/mol. The normalized spacial score (nSPS) is 11.0. The summed E-state index contributed by atoms with van der Waals surface area (Å²) in [6, 6.07) is 9.24. The highest BCUT2D eigenvalue weighted by Crippen LogP contribution is 2.24. The number of benzene rings is 1. The maximum Gasteiger partial charge on any atom is 0.225 e. The second-order valence-corrected chi connectivity index (χ2v) is 5.32. The fourth-order valence-electron chi connectivity index (χ4n) is 2.43. The second kappa shape index (κ2) is 9.17. The van der Waals surface area contributed by atoms with E-state index in [0.29, 0.717) is 36.7 Å². The van der Waals surface area contributed by atoms with Crippen LogP contribution in [0.5, 0.6) is 5.88 Å². The predicted octanol–water partition coefficient (Wildman–Crippen LogP) is 0.859. The molecule has 3 N–H and O–H groups in total. The molecule has 1 amide bonds. The summed E-state index contributed by atoms with van der Waals surface area (Å²) in [5, 5.41) is 21.8. The Bertz CT molecular complexity index is 672. The molecule has 0 bridgehead atoms. The van der Waals surface area contributed by atoms with Crippen molar-refractivity contribution >= 4 is 22.5 Å². The Balaban J connectivity index is 2.04. The largest absolute Gasteiger partial charge is 0.481 e. The summed E-state index contributed by atoms with van der Waals surface area (Å²) in [5.41, 5.74) is 1.31. The number of anilines is 1. The van der Waals surface area contributed by atoms with Crippen LogP contribution in [0.1, 0.15) is 6.42 Å². The molecule has 24 heavy (non-hydrogen) atoms. The number of ether oxygens (including phenoxy) is 1. The van der Waals surface area contributed by atoms with Crippen LogP contribution < -0.4 is 10.1 Å². The maximum atomic E-state index is 12.2. The van der Waals surface area contributed by atoms with E-state index in [9.17, 15) is 4.79 Å². The van der Waals surface area contributed by atoms with Gasteiger partial charge in [0.25, 0.3) is 0 Å².